The average molecular weight is 1020 g/mol. The van der Waals surface area contributed by atoms with E-state index in [0.717, 1.165) is 12.5 Å². The summed E-state index contributed by atoms with van der Waals surface area (Å²) in [6.45, 7) is 32.0. The van der Waals surface area contributed by atoms with Crippen LogP contribution in [0.15, 0.2) is 214 Å². The highest BCUT2D eigenvalue weighted by molar-refractivity contribution is 7.91. The molecule has 0 saturated heterocycles. The summed E-state index contributed by atoms with van der Waals surface area (Å²) in [5.74, 6) is 0. The number of hydrogen-bond acceptors (Lipinski definition) is 8. The Labute approximate surface area is 427 Å². The SMILES string of the molecule is CC.CC.CC.CC.CC.CC.CC.CC.COC.COC.CS(C)(=O)=O.O=S(=O)(c1ccccc1)c1ccccc1.O=S(=O)(c1ccccc1)c1ccccc1.c1ccccc1.c1ccccc1. The first kappa shape index (κ1) is 84.1. The molecule has 6 aromatic rings. The standard InChI is InChI=1S/2C12H10O2S.2C6H6.C2H6O2S.2C2H6O.8C2H6/c2*13-15(14,11-7-3-1-4-8-11)12-9-5-2-6-10-12;2*1-2-4-6-5-3-1;1-5(2,3)4;2*1-3-2;8*1-2/h2*1-10H;2*1-6H;1-2H3;2*1-2H3;8*1-2H3. The highest BCUT2D eigenvalue weighted by Crippen LogP contribution is 2.20. The van der Waals surface area contributed by atoms with Crippen molar-refractivity contribution in [1.82, 2.24) is 0 Å². The van der Waals surface area contributed by atoms with Crippen LogP contribution in [0.5, 0.6) is 0 Å². The van der Waals surface area contributed by atoms with E-state index in [1.807, 2.05) is 184 Å². The van der Waals surface area contributed by atoms with Crippen LogP contribution in [0.1, 0.15) is 111 Å². The zero-order chi connectivity index (χ0) is 55.9. The number of methoxy groups -OCH3 is 2. The molecule has 0 heterocycles. The van der Waals surface area contributed by atoms with Gasteiger partial charge in [-0.05, 0) is 48.5 Å². The number of benzene rings is 6. The van der Waals surface area contributed by atoms with Crippen LogP contribution in [0, 0.1) is 0 Å². The molecule has 8 nitrogen and oxygen atoms in total. The Morgan fingerprint density at radius 1 is 0.232 bits per heavy atom. The van der Waals surface area contributed by atoms with Gasteiger partial charge in [-0.1, -0.05) is 256 Å². The molecule has 69 heavy (non-hydrogen) atoms. The molecule has 0 amide bonds. The Kier molecular flexibility index (Phi) is 84.9. The van der Waals surface area contributed by atoms with Crippen molar-refractivity contribution < 1.29 is 34.7 Å². The molecule has 0 atom stereocenters. The van der Waals surface area contributed by atoms with Crippen molar-refractivity contribution in [2.24, 2.45) is 0 Å². The largest absolute Gasteiger partial charge is 0.388 e. The Balaban J connectivity index is -0.0000000879. The second kappa shape index (κ2) is 69.7. The molecule has 0 spiro atoms. The predicted molar refractivity (Wildman–Crippen MR) is 307 cm³/mol. The second-order valence-corrected chi connectivity index (χ2v) is 16.7. The average Bonchev–Trinajstić information content (AvgIpc) is 3.43. The van der Waals surface area contributed by atoms with Crippen molar-refractivity contribution in [3.05, 3.63) is 194 Å². The van der Waals surface area contributed by atoms with Crippen LogP contribution in [0.4, 0.5) is 0 Å². The number of ether oxygens (including phenoxy) is 2. The molecule has 11 heteroatoms. The maximum Gasteiger partial charge on any atom is 0.206 e. The lowest BCUT2D eigenvalue weighted by Crippen LogP contribution is -2.00. The molecule has 0 aliphatic heterocycles. The fourth-order valence-electron chi connectivity index (χ4n) is 3.44. The number of hydrogen-bond donors (Lipinski definition) is 0. The third-order valence-corrected chi connectivity index (χ3v) is 9.12. The highest BCUT2D eigenvalue weighted by atomic mass is 32.2. The summed E-state index contributed by atoms with van der Waals surface area (Å²) in [6.07, 6.45) is 2.32. The minimum Gasteiger partial charge on any atom is -0.388 e. The zero-order valence-electron chi connectivity index (χ0n) is 47.0. The van der Waals surface area contributed by atoms with Crippen molar-refractivity contribution in [3.63, 3.8) is 0 Å². The third-order valence-electron chi connectivity index (χ3n) is 5.55. The van der Waals surface area contributed by atoms with E-state index >= 15 is 0 Å². The molecule has 0 N–H and O–H groups in total. The lowest BCUT2D eigenvalue weighted by molar-refractivity contribution is 0.277. The van der Waals surface area contributed by atoms with Gasteiger partial charge in [-0.25, -0.2) is 25.3 Å². The number of sulfone groups is 3. The van der Waals surface area contributed by atoms with Gasteiger partial charge in [0, 0.05) is 41.0 Å². The molecule has 0 aliphatic carbocycles. The third kappa shape index (κ3) is 59.2. The smallest absolute Gasteiger partial charge is 0.206 e. The predicted octanol–water partition coefficient (Wildman–Crippen LogP) is 16.8. The summed E-state index contributed by atoms with van der Waals surface area (Å²) in [5, 5.41) is 0. The molecular formula is C58H98O8S3. The van der Waals surface area contributed by atoms with Gasteiger partial charge in [0.05, 0.1) is 19.6 Å². The van der Waals surface area contributed by atoms with E-state index in [2.05, 4.69) is 9.47 Å². The molecule has 0 bridgehead atoms. The summed E-state index contributed by atoms with van der Waals surface area (Å²) in [5.41, 5.74) is 0. The fourth-order valence-corrected chi connectivity index (χ4v) is 6.05. The molecular weight excluding hydrogens is 921 g/mol. The van der Waals surface area contributed by atoms with E-state index in [1.54, 1.807) is 150 Å². The van der Waals surface area contributed by atoms with Crippen LogP contribution in [0.2, 0.25) is 0 Å². The van der Waals surface area contributed by atoms with Crippen molar-refractivity contribution in [1.29, 1.82) is 0 Å². The van der Waals surface area contributed by atoms with Crippen LogP contribution >= 0.6 is 0 Å². The Hall–Kier alpha value is -4.91. The normalized spacial score (nSPS) is 8.32. The van der Waals surface area contributed by atoms with Crippen LogP contribution in [0.25, 0.3) is 0 Å². The molecule has 0 fully saturated rings. The van der Waals surface area contributed by atoms with E-state index in [1.165, 1.54) is 0 Å². The van der Waals surface area contributed by atoms with Crippen molar-refractivity contribution in [2.45, 2.75) is 130 Å². The van der Waals surface area contributed by atoms with Gasteiger partial charge in [-0.15, -0.1) is 0 Å². The van der Waals surface area contributed by atoms with Crippen molar-refractivity contribution in [2.75, 3.05) is 41.0 Å². The molecule has 0 aromatic heterocycles. The second-order valence-electron chi connectivity index (χ2n) is 10.5. The summed E-state index contributed by atoms with van der Waals surface area (Å²) in [6, 6.07) is 57.7. The van der Waals surface area contributed by atoms with Crippen molar-refractivity contribution in [3.8, 4) is 0 Å². The van der Waals surface area contributed by atoms with Gasteiger partial charge in [0.15, 0.2) is 0 Å². The fraction of sp³-hybridized carbons (Fsp3) is 0.379. The highest BCUT2D eigenvalue weighted by Gasteiger charge is 2.16. The van der Waals surface area contributed by atoms with E-state index < -0.39 is 29.5 Å². The molecule has 0 radical (unpaired) electrons. The van der Waals surface area contributed by atoms with Gasteiger partial charge in [-0.3, -0.25) is 0 Å². The molecule has 6 rings (SSSR count). The van der Waals surface area contributed by atoms with Gasteiger partial charge in [-0.2, -0.15) is 0 Å². The lowest BCUT2D eigenvalue weighted by Gasteiger charge is -2.03. The maximum absolute atomic E-state index is 12.0. The Bertz CT molecular complexity index is 1750. The Morgan fingerprint density at radius 3 is 0.391 bits per heavy atom. The molecule has 0 aliphatic rings. The summed E-state index contributed by atoms with van der Waals surface area (Å²) < 4.78 is 75.9. The first-order chi connectivity index (χ1) is 33.2. The molecule has 6 aromatic carbocycles. The van der Waals surface area contributed by atoms with Crippen LogP contribution < -0.4 is 0 Å². The summed E-state index contributed by atoms with van der Waals surface area (Å²) in [7, 11) is -2.84. The van der Waals surface area contributed by atoms with Crippen LogP contribution in [0.3, 0.4) is 0 Å². The zero-order valence-corrected chi connectivity index (χ0v) is 49.4. The Morgan fingerprint density at radius 2 is 0.304 bits per heavy atom. The first-order valence-corrected chi connectivity index (χ1v) is 29.2. The van der Waals surface area contributed by atoms with Crippen LogP contribution in [-0.2, 0) is 39.0 Å². The number of rotatable bonds is 4. The van der Waals surface area contributed by atoms with E-state index in [0.29, 0.717) is 19.6 Å². The van der Waals surface area contributed by atoms with Gasteiger partial charge < -0.3 is 9.47 Å². The van der Waals surface area contributed by atoms with E-state index in [9.17, 15) is 25.3 Å². The van der Waals surface area contributed by atoms with E-state index in [4.69, 9.17) is 0 Å². The minimum atomic E-state index is -3.34. The summed E-state index contributed by atoms with van der Waals surface area (Å²) >= 11 is 0. The summed E-state index contributed by atoms with van der Waals surface area (Å²) in [4.78, 5) is 1.32. The van der Waals surface area contributed by atoms with Crippen LogP contribution in [-0.4, -0.2) is 66.2 Å². The van der Waals surface area contributed by atoms with Gasteiger partial charge in [0.25, 0.3) is 0 Å². The molecule has 396 valence electrons. The maximum atomic E-state index is 12.0. The van der Waals surface area contributed by atoms with Gasteiger partial charge in [0.2, 0.25) is 19.7 Å². The van der Waals surface area contributed by atoms with E-state index in [-0.39, 0.29) is 0 Å². The first-order valence-electron chi connectivity index (χ1n) is 23.9. The molecule has 0 unspecified atom stereocenters. The quantitative estimate of drug-likeness (QED) is 0.171. The monoisotopic (exact) mass is 1020 g/mol. The van der Waals surface area contributed by atoms with Crippen molar-refractivity contribution >= 4 is 29.5 Å². The molecule has 0 saturated carbocycles. The minimum absolute atomic E-state index is 0.330. The topological polar surface area (TPSA) is 121 Å². The van der Waals surface area contributed by atoms with Gasteiger partial charge >= 0.3 is 0 Å². The lowest BCUT2D eigenvalue weighted by atomic mass is 10.4. The van der Waals surface area contributed by atoms with Gasteiger partial charge in [0.1, 0.15) is 9.84 Å².